The van der Waals surface area contributed by atoms with Crippen LogP contribution in [0.3, 0.4) is 0 Å². The van der Waals surface area contributed by atoms with Crippen LogP contribution in [0.4, 0.5) is 0 Å². The van der Waals surface area contributed by atoms with Crippen LogP contribution in [-0.4, -0.2) is 56.8 Å². The van der Waals surface area contributed by atoms with Crippen molar-refractivity contribution >= 4 is 5.91 Å². The lowest BCUT2D eigenvalue weighted by Crippen LogP contribution is -2.39. The van der Waals surface area contributed by atoms with Gasteiger partial charge in [0.1, 0.15) is 12.4 Å². The summed E-state index contributed by atoms with van der Waals surface area (Å²) < 4.78 is 11.4. The predicted molar refractivity (Wildman–Crippen MR) is 110 cm³/mol. The van der Waals surface area contributed by atoms with Crippen LogP contribution in [0.1, 0.15) is 44.1 Å². The molecule has 1 amide bonds. The van der Waals surface area contributed by atoms with Gasteiger partial charge in [-0.1, -0.05) is 37.5 Å². The summed E-state index contributed by atoms with van der Waals surface area (Å²) in [6, 6.07) is 7.95. The smallest absolute Gasteiger partial charge is 0.220 e. The number of hydrogen-bond acceptors (Lipinski definition) is 5. The number of nitrogens with one attached hydrogen (secondary N) is 1. The van der Waals surface area contributed by atoms with Crippen molar-refractivity contribution < 1.29 is 14.3 Å². The third-order valence-corrected chi connectivity index (χ3v) is 6.10. The van der Waals surface area contributed by atoms with Crippen molar-refractivity contribution in [2.24, 2.45) is 11.1 Å². The molecule has 1 saturated carbocycles. The number of para-hydroxylation sites is 1. The predicted octanol–water partition coefficient (Wildman–Crippen LogP) is 2.31. The van der Waals surface area contributed by atoms with Gasteiger partial charge in [-0.25, -0.2) is 0 Å². The van der Waals surface area contributed by atoms with E-state index in [-0.39, 0.29) is 11.3 Å². The van der Waals surface area contributed by atoms with Gasteiger partial charge in [-0.15, -0.1) is 0 Å². The first-order valence-corrected chi connectivity index (χ1v) is 10.7. The van der Waals surface area contributed by atoms with Gasteiger partial charge in [-0.3, -0.25) is 9.69 Å². The fourth-order valence-corrected chi connectivity index (χ4v) is 4.25. The maximum Gasteiger partial charge on any atom is 0.220 e. The molecule has 6 heteroatoms. The zero-order valence-electron chi connectivity index (χ0n) is 17.0. The summed E-state index contributed by atoms with van der Waals surface area (Å²) in [6.45, 7) is 6.15. The highest BCUT2D eigenvalue weighted by Crippen LogP contribution is 2.38. The highest BCUT2D eigenvalue weighted by Gasteiger charge is 2.32. The van der Waals surface area contributed by atoms with E-state index in [0.717, 1.165) is 57.0 Å². The van der Waals surface area contributed by atoms with Gasteiger partial charge < -0.3 is 20.5 Å². The van der Waals surface area contributed by atoms with Gasteiger partial charge in [-0.05, 0) is 30.9 Å². The number of carbonyl (C=O) groups excluding carboxylic acids is 1. The molecule has 1 aromatic rings. The molecule has 1 aromatic carbocycles. The Morgan fingerprint density at radius 1 is 1.18 bits per heavy atom. The molecule has 3 rings (SSSR count). The van der Waals surface area contributed by atoms with Gasteiger partial charge in [0.2, 0.25) is 5.91 Å². The number of benzene rings is 1. The minimum Gasteiger partial charge on any atom is -0.492 e. The monoisotopic (exact) mass is 389 g/mol. The van der Waals surface area contributed by atoms with Crippen LogP contribution in [0, 0.1) is 5.41 Å². The van der Waals surface area contributed by atoms with Crippen molar-refractivity contribution in [3.05, 3.63) is 29.8 Å². The van der Waals surface area contributed by atoms with Crippen LogP contribution in [0.15, 0.2) is 24.3 Å². The normalized spacial score (nSPS) is 19.9. The number of carbonyl (C=O) groups is 1. The average molecular weight is 390 g/mol. The molecule has 1 saturated heterocycles. The van der Waals surface area contributed by atoms with Gasteiger partial charge in [0.15, 0.2) is 0 Å². The molecule has 0 radical (unpaired) electrons. The van der Waals surface area contributed by atoms with E-state index in [2.05, 4.69) is 10.2 Å². The number of rotatable bonds is 9. The summed E-state index contributed by atoms with van der Waals surface area (Å²) in [7, 11) is 0. The second-order valence-electron chi connectivity index (χ2n) is 8.13. The van der Waals surface area contributed by atoms with Gasteiger partial charge in [0.05, 0.1) is 13.2 Å². The number of morpholine rings is 1. The molecule has 1 aliphatic heterocycles. The van der Waals surface area contributed by atoms with E-state index in [1.54, 1.807) is 0 Å². The molecule has 6 nitrogen and oxygen atoms in total. The Kier molecular flexibility index (Phi) is 8.13. The second kappa shape index (κ2) is 10.8. The lowest BCUT2D eigenvalue weighted by molar-refractivity contribution is -0.124. The number of hydrogen-bond donors (Lipinski definition) is 2. The molecular formula is C22H35N3O3. The van der Waals surface area contributed by atoms with Crippen LogP contribution in [-0.2, 0) is 16.1 Å². The van der Waals surface area contributed by atoms with E-state index in [0.29, 0.717) is 26.1 Å². The minimum absolute atomic E-state index is 0.00346. The first-order chi connectivity index (χ1) is 13.7. The summed E-state index contributed by atoms with van der Waals surface area (Å²) in [6.07, 6.45) is 6.30. The van der Waals surface area contributed by atoms with Crippen molar-refractivity contribution in [3.8, 4) is 5.75 Å². The van der Waals surface area contributed by atoms with Crippen LogP contribution in [0.25, 0.3) is 0 Å². The molecular weight excluding hydrogens is 354 g/mol. The molecule has 0 spiro atoms. The van der Waals surface area contributed by atoms with Crippen LogP contribution < -0.4 is 15.8 Å². The molecule has 2 aliphatic rings. The maximum atomic E-state index is 12.6. The molecule has 0 unspecified atom stereocenters. The average Bonchev–Trinajstić information content (AvgIpc) is 2.74. The van der Waals surface area contributed by atoms with E-state index >= 15 is 0 Å². The van der Waals surface area contributed by atoms with E-state index in [1.165, 1.54) is 19.3 Å². The Morgan fingerprint density at radius 2 is 1.93 bits per heavy atom. The molecule has 156 valence electrons. The number of nitrogens with zero attached hydrogens (tertiary/aromatic N) is 1. The molecule has 2 fully saturated rings. The van der Waals surface area contributed by atoms with E-state index in [4.69, 9.17) is 15.2 Å². The minimum atomic E-state index is -0.00346. The highest BCUT2D eigenvalue weighted by atomic mass is 16.5. The Bertz CT molecular complexity index is 611. The second-order valence-corrected chi connectivity index (χ2v) is 8.13. The molecule has 28 heavy (non-hydrogen) atoms. The number of amides is 1. The van der Waals surface area contributed by atoms with Crippen molar-refractivity contribution in [2.75, 3.05) is 46.0 Å². The van der Waals surface area contributed by atoms with Crippen molar-refractivity contribution in [2.45, 2.75) is 45.1 Å². The lowest BCUT2D eigenvalue weighted by Gasteiger charge is -2.35. The zero-order valence-corrected chi connectivity index (χ0v) is 17.0. The molecule has 3 N–H and O–H groups in total. The summed E-state index contributed by atoms with van der Waals surface area (Å²) in [5.41, 5.74) is 7.04. The molecule has 1 aliphatic carbocycles. The van der Waals surface area contributed by atoms with Gasteiger partial charge >= 0.3 is 0 Å². The van der Waals surface area contributed by atoms with Crippen LogP contribution >= 0.6 is 0 Å². The summed E-state index contributed by atoms with van der Waals surface area (Å²) >= 11 is 0. The molecule has 0 aromatic heterocycles. The van der Waals surface area contributed by atoms with Gasteiger partial charge in [-0.2, -0.15) is 0 Å². The van der Waals surface area contributed by atoms with Crippen LogP contribution in [0.5, 0.6) is 5.75 Å². The van der Waals surface area contributed by atoms with Gasteiger partial charge in [0, 0.05) is 38.2 Å². The Morgan fingerprint density at radius 3 is 2.68 bits per heavy atom. The first kappa shape index (κ1) is 21.1. The largest absolute Gasteiger partial charge is 0.492 e. The van der Waals surface area contributed by atoms with E-state index in [9.17, 15) is 4.79 Å². The highest BCUT2D eigenvalue weighted by molar-refractivity contribution is 5.76. The molecule has 0 bridgehead atoms. The Balaban J connectivity index is 1.46. The fourth-order valence-electron chi connectivity index (χ4n) is 4.25. The number of nitrogens with two attached hydrogens (primary N) is 1. The third-order valence-electron chi connectivity index (χ3n) is 6.10. The van der Waals surface area contributed by atoms with E-state index < -0.39 is 0 Å². The van der Waals surface area contributed by atoms with Crippen molar-refractivity contribution in [3.63, 3.8) is 0 Å². The topological polar surface area (TPSA) is 76.8 Å². The Hall–Kier alpha value is -1.63. The third kappa shape index (κ3) is 6.19. The van der Waals surface area contributed by atoms with Crippen LogP contribution in [0.2, 0.25) is 0 Å². The standard InChI is InChI=1S/C22H35N3O3/c23-18-22(8-4-1-5-9-22)16-21(26)24-17-19-6-2-3-7-20(19)28-15-12-25-10-13-27-14-11-25/h2-3,6-7H,1,4-5,8-18,23H2,(H,24,26). The van der Waals surface area contributed by atoms with E-state index in [1.807, 2.05) is 24.3 Å². The lowest BCUT2D eigenvalue weighted by atomic mass is 9.71. The fraction of sp³-hybridized carbons (Fsp3) is 0.682. The maximum absolute atomic E-state index is 12.6. The summed E-state index contributed by atoms with van der Waals surface area (Å²) in [5.74, 6) is 0.942. The van der Waals surface area contributed by atoms with Crippen molar-refractivity contribution in [1.82, 2.24) is 10.2 Å². The number of ether oxygens (including phenoxy) is 2. The molecule has 1 heterocycles. The quantitative estimate of drug-likeness (QED) is 0.678. The Labute approximate surface area is 168 Å². The molecule has 0 atom stereocenters. The zero-order chi connectivity index (χ0) is 19.7. The SMILES string of the molecule is NCC1(CC(=O)NCc2ccccc2OCCN2CCOCC2)CCCCC1. The first-order valence-electron chi connectivity index (χ1n) is 10.7. The van der Waals surface area contributed by atoms with Crippen molar-refractivity contribution in [1.29, 1.82) is 0 Å². The van der Waals surface area contributed by atoms with Gasteiger partial charge in [0.25, 0.3) is 0 Å². The summed E-state index contributed by atoms with van der Waals surface area (Å²) in [4.78, 5) is 14.9. The summed E-state index contributed by atoms with van der Waals surface area (Å²) in [5, 5.41) is 3.08.